The molecule has 0 bridgehead atoms. The number of halogens is 1. The number of amides is 1. The Kier molecular flexibility index (Phi) is 3.52. The predicted molar refractivity (Wildman–Crippen MR) is 68.0 cm³/mol. The Morgan fingerprint density at radius 1 is 1.53 bits per heavy atom. The maximum atomic E-state index is 12.2. The minimum atomic E-state index is -0.0679. The second kappa shape index (κ2) is 4.92. The number of nitrogens with two attached hydrogens (primary N) is 1. The summed E-state index contributed by atoms with van der Waals surface area (Å²) in [6, 6.07) is 1.59. The number of anilines is 1. The van der Waals surface area contributed by atoms with Crippen LogP contribution in [0.5, 0.6) is 0 Å². The minimum absolute atomic E-state index is 0.0679. The molecule has 2 N–H and O–H groups in total. The van der Waals surface area contributed by atoms with E-state index in [1.54, 1.807) is 6.07 Å². The first-order chi connectivity index (χ1) is 8.08. The Morgan fingerprint density at radius 2 is 2.18 bits per heavy atom. The number of likely N-dealkylation sites (tertiary alicyclic amines) is 1. The topological polar surface area (TPSA) is 59.2 Å². The van der Waals surface area contributed by atoms with Crippen LogP contribution in [0.4, 0.5) is 5.69 Å². The van der Waals surface area contributed by atoms with Gasteiger partial charge in [0.05, 0.1) is 17.4 Å². The maximum absolute atomic E-state index is 12.2. The van der Waals surface area contributed by atoms with E-state index in [-0.39, 0.29) is 11.1 Å². The Morgan fingerprint density at radius 3 is 2.82 bits per heavy atom. The zero-order valence-electron chi connectivity index (χ0n) is 9.82. The number of hydrogen-bond donors (Lipinski definition) is 1. The summed E-state index contributed by atoms with van der Waals surface area (Å²) in [6.45, 7) is 3.77. The number of piperidine rings is 1. The van der Waals surface area contributed by atoms with Crippen molar-refractivity contribution in [3.05, 3.63) is 23.0 Å². The third-order valence-electron chi connectivity index (χ3n) is 3.16. The highest BCUT2D eigenvalue weighted by atomic mass is 35.5. The van der Waals surface area contributed by atoms with Crippen molar-refractivity contribution in [1.82, 2.24) is 9.88 Å². The van der Waals surface area contributed by atoms with Crippen LogP contribution in [-0.4, -0.2) is 28.9 Å². The molecule has 2 heterocycles. The molecule has 0 aliphatic carbocycles. The van der Waals surface area contributed by atoms with Gasteiger partial charge in [0.25, 0.3) is 5.91 Å². The third-order valence-corrected chi connectivity index (χ3v) is 3.46. The van der Waals surface area contributed by atoms with Gasteiger partial charge < -0.3 is 10.6 Å². The van der Waals surface area contributed by atoms with Crippen LogP contribution in [0.2, 0.25) is 5.15 Å². The molecule has 0 atom stereocenters. The minimum Gasteiger partial charge on any atom is -0.397 e. The molecule has 1 fully saturated rings. The molecular formula is C12H16ClN3O. The van der Waals surface area contributed by atoms with Crippen LogP contribution in [0.25, 0.3) is 0 Å². The maximum Gasteiger partial charge on any atom is 0.257 e. The Balaban J connectivity index is 2.16. The number of nitrogens with zero attached hydrogens (tertiary/aromatic N) is 2. The molecule has 0 unspecified atom stereocenters. The van der Waals surface area contributed by atoms with Gasteiger partial charge >= 0.3 is 0 Å². The summed E-state index contributed by atoms with van der Waals surface area (Å²) in [5.41, 5.74) is 6.49. The van der Waals surface area contributed by atoms with E-state index < -0.39 is 0 Å². The van der Waals surface area contributed by atoms with Gasteiger partial charge in [0.1, 0.15) is 5.15 Å². The number of rotatable bonds is 1. The number of aromatic nitrogens is 1. The summed E-state index contributed by atoms with van der Waals surface area (Å²) in [5, 5.41) is 0.225. The Labute approximate surface area is 106 Å². The van der Waals surface area contributed by atoms with Crippen molar-refractivity contribution < 1.29 is 4.79 Å². The lowest BCUT2D eigenvalue weighted by molar-refractivity contribution is 0.0697. The summed E-state index contributed by atoms with van der Waals surface area (Å²) < 4.78 is 0. The van der Waals surface area contributed by atoms with Crippen molar-refractivity contribution in [2.24, 2.45) is 5.92 Å². The van der Waals surface area contributed by atoms with Crippen LogP contribution in [0.3, 0.4) is 0 Å². The van der Waals surface area contributed by atoms with E-state index in [0.717, 1.165) is 25.9 Å². The highest BCUT2D eigenvalue weighted by Crippen LogP contribution is 2.22. The SMILES string of the molecule is CC1CCN(C(=O)c2cc(N)cnc2Cl)CC1. The third kappa shape index (κ3) is 2.69. The van der Waals surface area contributed by atoms with Gasteiger partial charge in [-0.25, -0.2) is 4.98 Å². The molecule has 1 saturated heterocycles. The quantitative estimate of drug-likeness (QED) is 0.781. The van der Waals surface area contributed by atoms with E-state index in [1.165, 1.54) is 6.20 Å². The van der Waals surface area contributed by atoms with Gasteiger partial charge in [0, 0.05) is 13.1 Å². The molecule has 2 rings (SSSR count). The van der Waals surface area contributed by atoms with Gasteiger partial charge in [-0.05, 0) is 24.8 Å². The lowest BCUT2D eigenvalue weighted by Gasteiger charge is -2.30. The number of pyridine rings is 1. The van der Waals surface area contributed by atoms with E-state index in [1.807, 2.05) is 4.90 Å². The van der Waals surface area contributed by atoms with Gasteiger partial charge in [-0.1, -0.05) is 18.5 Å². The summed E-state index contributed by atoms with van der Waals surface area (Å²) in [6.07, 6.45) is 3.54. The Hall–Kier alpha value is -1.29. The molecule has 17 heavy (non-hydrogen) atoms. The van der Waals surface area contributed by atoms with Crippen molar-refractivity contribution in [1.29, 1.82) is 0 Å². The van der Waals surface area contributed by atoms with Gasteiger partial charge in [-0.15, -0.1) is 0 Å². The molecule has 0 spiro atoms. The van der Waals surface area contributed by atoms with Crippen molar-refractivity contribution in [3.63, 3.8) is 0 Å². The van der Waals surface area contributed by atoms with Crippen LogP contribution >= 0.6 is 11.6 Å². The molecule has 0 saturated carbocycles. The van der Waals surface area contributed by atoms with Gasteiger partial charge in [-0.3, -0.25) is 4.79 Å². The fraction of sp³-hybridized carbons (Fsp3) is 0.500. The average molecular weight is 254 g/mol. The predicted octanol–water partition coefficient (Wildman–Crippen LogP) is 2.19. The van der Waals surface area contributed by atoms with E-state index in [2.05, 4.69) is 11.9 Å². The highest BCUT2D eigenvalue weighted by Gasteiger charge is 2.23. The highest BCUT2D eigenvalue weighted by molar-refractivity contribution is 6.32. The smallest absolute Gasteiger partial charge is 0.257 e. The van der Waals surface area contributed by atoms with Crippen LogP contribution in [0, 0.1) is 5.92 Å². The molecule has 0 aromatic carbocycles. The second-order valence-corrected chi connectivity index (χ2v) is 4.94. The average Bonchev–Trinajstić information content (AvgIpc) is 2.32. The largest absolute Gasteiger partial charge is 0.397 e. The van der Waals surface area contributed by atoms with Crippen molar-refractivity contribution in [2.45, 2.75) is 19.8 Å². The first kappa shape index (κ1) is 12.2. The standard InChI is InChI=1S/C12H16ClN3O/c1-8-2-4-16(5-3-8)12(17)10-6-9(14)7-15-11(10)13/h6-8H,2-5,14H2,1H3. The van der Waals surface area contributed by atoms with Crippen LogP contribution < -0.4 is 5.73 Å². The molecule has 1 amide bonds. The van der Waals surface area contributed by atoms with Gasteiger partial charge in [0.2, 0.25) is 0 Å². The lowest BCUT2D eigenvalue weighted by Crippen LogP contribution is -2.38. The molecule has 1 aliphatic heterocycles. The number of nitrogen functional groups attached to an aromatic ring is 1. The summed E-state index contributed by atoms with van der Waals surface area (Å²) >= 11 is 5.92. The number of carbonyl (C=O) groups is 1. The second-order valence-electron chi connectivity index (χ2n) is 4.58. The van der Waals surface area contributed by atoms with E-state index >= 15 is 0 Å². The molecule has 1 aromatic heterocycles. The van der Waals surface area contributed by atoms with Crippen molar-refractivity contribution >= 4 is 23.2 Å². The number of carbonyl (C=O) groups excluding carboxylic acids is 1. The van der Waals surface area contributed by atoms with Crippen molar-refractivity contribution in [3.8, 4) is 0 Å². The zero-order valence-corrected chi connectivity index (χ0v) is 10.6. The lowest BCUT2D eigenvalue weighted by atomic mass is 9.99. The van der Waals surface area contributed by atoms with E-state index in [0.29, 0.717) is 17.2 Å². The van der Waals surface area contributed by atoms with Crippen LogP contribution in [0.15, 0.2) is 12.3 Å². The monoisotopic (exact) mass is 253 g/mol. The van der Waals surface area contributed by atoms with E-state index in [4.69, 9.17) is 17.3 Å². The van der Waals surface area contributed by atoms with E-state index in [9.17, 15) is 4.79 Å². The molecule has 0 radical (unpaired) electrons. The van der Waals surface area contributed by atoms with Crippen LogP contribution in [-0.2, 0) is 0 Å². The summed E-state index contributed by atoms with van der Waals surface area (Å²) in [5.74, 6) is 0.621. The first-order valence-electron chi connectivity index (χ1n) is 5.78. The molecule has 92 valence electrons. The fourth-order valence-electron chi connectivity index (χ4n) is 2.00. The Bertz CT molecular complexity index is 428. The normalized spacial score (nSPS) is 17.2. The van der Waals surface area contributed by atoms with Crippen LogP contribution in [0.1, 0.15) is 30.1 Å². The van der Waals surface area contributed by atoms with Gasteiger partial charge in [0.15, 0.2) is 0 Å². The molecule has 5 heteroatoms. The number of hydrogen-bond acceptors (Lipinski definition) is 3. The molecule has 1 aromatic rings. The molecular weight excluding hydrogens is 238 g/mol. The first-order valence-corrected chi connectivity index (χ1v) is 6.16. The summed E-state index contributed by atoms with van der Waals surface area (Å²) in [4.78, 5) is 17.9. The fourth-order valence-corrected chi connectivity index (χ4v) is 2.18. The van der Waals surface area contributed by atoms with Gasteiger partial charge in [-0.2, -0.15) is 0 Å². The van der Waals surface area contributed by atoms with Crippen molar-refractivity contribution in [2.75, 3.05) is 18.8 Å². The zero-order chi connectivity index (χ0) is 12.4. The molecule has 1 aliphatic rings. The molecule has 4 nitrogen and oxygen atoms in total. The summed E-state index contributed by atoms with van der Waals surface area (Å²) in [7, 11) is 0.